The van der Waals surface area contributed by atoms with Crippen molar-refractivity contribution in [1.82, 2.24) is 10.6 Å². The zero-order valence-electron chi connectivity index (χ0n) is 8.09. The normalized spacial score (nSPS) is 20.2. The molecular formula is C10H8Cl2N2O2. The third-order valence-corrected chi connectivity index (χ3v) is 3.06. The Labute approximate surface area is 102 Å². The quantitative estimate of drug-likeness (QED) is 0.746. The molecule has 1 unspecified atom stereocenters. The predicted octanol–water partition coefficient (Wildman–Crippen LogP) is 1.28. The number of amides is 2. The molecule has 84 valence electrons. The molecule has 4 nitrogen and oxygen atoms in total. The highest BCUT2D eigenvalue weighted by molar-refractivity contribution is 6.42. The third kappa shape index (κ3) is 2.13. The van der Waals surface area contributed by atoms with Crippen LogP contribution >= 0.6 is 23.2 Å². The van der Waals surface area contributed by atoms with E-state index in [0.29, 0.717) is 16.6 Å². The van der Waals surface area contributed by atoms with Crippen molar-refractivity contribution < 1.29 is 9.59 Å². The molecule has 0 spiro atoms. The minimum absolute atomic E-state index is 0.264. The van der Waals surface area contributed by atoms with E-state index in [1.54, 1.807) is 18.2 Å². The monoisotopic (exact) mass is 258 g/mol. The second-order valence-electron chi connectivity index (χ2n) is 3.41. The van der Waals surface area contributed by atoms with E-state index < -0.39 is 11.8 Å². The van der Waals surface area contributed by atoms with Gasteiger partial charge in [0.05, 0.1) is 16.1 Å². The van der Waals surface area contributed by atoms with Crippen LogP contribution in [0.4, 0.5) is 0 Å². The van der Waals surface area contributed by atoms with Crippen molar-refractivity contribution in [3.63, 3.8) is 0 Å². The Hall–Kier alpha value is -1.26. The summed E-state index contributed by atoms with van der Waals surface area (Å²) in [7, 11) is 0. The van der Waals surface area contributed by atoms with Crippen LogP contribution in [0, 0.1) is 0 Å². The Bertz CT molecular complexity index is 462. The van der Waals surface area contributed by atoms with E-state index in [1.807, 2.05) is 0 Å². The lowest BCUT2D eigenvalue weighted by molar-refractivity contribution is -0.141. The first-order valence-electron chi connectivity index (χ1n) is 4.61. The van der Waals surface area contributed by atoms with Crippen molar-refractivity contribution in [3.8, 4) is 0 Å². The highest BCUT2D eigenvalue weighted by atomic mass is 35.5. The molecular weight excluding hydrogens is 251 g/mol. The number of nitrogens with one attached hydrogen (secondary N) is 2. The lowest BCUT2D eigenvalue weighted by atomic mass is 10.1. The molecule has 1 atom stereocenters. The predicted molar refractivity (Wildman–Crippen MR) is 60.4 cm³/mol. The van der Waals surface area contributed by atoms with Crippen LogP contribution in [0.5, 0.6) is 0 Å². The smallest absolute Gasteiger partial charge is 0.309 e. The lowest BCUT2D eigenvalue weighted by Crippen LogP contribution is -2.51. The van der Waals surface area contributed by atoms with Gasteiger partial charge in [-0.25, -0.2) is 0 Å². The third-order valence-electron chi connectivity index (χ3n) is 2.32. The van der Waals surface area contributed by atoms with Crippen LogP contribution in [0.3, 0.4) is 0 Å². The largest absolute Gasteiger partial charge is 0.345 e. The molecule has 0 aliphatic carbocycles. The molecule has 1 aromatic carbocycles. The van der Waals surface area contributed by atoms with Crippen molar-refractivity contribution in [2.45, 2.75) is 6.04 Å². The number of carbonyl (C=O) groups excluding carboxylic acids is 2. The van der Waals surface area contributed by atoms with Crippen LogP contribution in [0.2, 0.25) is 10.0 Å². The van der Waals surface area contributed by atoms with Crippen LogP contribution in [-0.2, 0) is 9.59 Å². The zero-order chi connectivity index (χ0) is 11.7. The van der Waals surface area contributed by atoms with Gasteiger partial charge in [-0.05, 0) is 17.7 Å². The Morgan fingerprint density at radius 1 is 1.12 bits per heavy atom. The first kappa shape index (κ1) is 11.2. The van der Waals surface area contributed by atoms with Gasteiger partial charge in [0, 0.05) is 6.54 Å². The molecule has 0 radical (unpaired) electrons. The average molecular weight is 259 g/mol. The van der Waals surface area contributed by atoms with E-state index in [2.05, 4.69) is 10.6 Å². The van der Waals surface area contributed by atoms with Crippen molar-refractivity contribution >= 4 is 35.0 Å². The van der Waals surface area contributed by atoms with E-state index in [1.165, 1.54) is 0 Å². The maximum absolute atomic E-state index is 11.1. The summed E-state index contributed by atoms with van der Waals surface area (Å²) < 4.78 is 0. The van der Waals surface area contributed by atoms with Gasteiger partial charge in [-0.2, -0.15) is 0 Å². The summed E-state index contributed by atoms with van der Waals surface area (Å²) in [5, 5.41) is 5.94. The first-order valence-corrected chi connectivity index (χ1v) is 5.37. The van der Waals surface area contributed by atoms with Crippen LogP contribution in [0.25, 0.3) is 0 Å². The van der Waals surface area contributed by atoms with Gasteiger partial charge >= 0.3 is 11.8 Å². The molecule has 2 N–H and O–H groups in total. The van der Waals surface area contributed by atoms with Crippen LogP contribution in [-0.4, -0.2) is 18.4 Å². The molecule has 2 amide bonds. The second kappa shape index (κ2) is 4.31. The number of hydrogen-bond acceptors (Lipinski definition) is 2. The fourth-order valence-corrected chi connectivity index (χ4v) is 1.79. The summed E-state index contributed by atoms with van der Waals surface area (Å²) in [6, 6.07) is 4.82. The number of halogens is 2. The highest BCUT2D eigenvalue weighted by Crippen LogP contribution is 2.25. The molecule has 0 bridgehead atoms. The van der Waals surface area contributed by atoms with E-state index in [-0.39, 0.29) is 6.04 Å². The van der Waals surface area contributed by atoms with Gasteiger partial charge in [0.15, 0.2) is 0 Å². The minimum Gasteiger partial charge on any atom is -0.345 e. The Kier molecular flexibility index (Phi) is 3.03. The van der Waals surface area contributed by atoms with E-state index in [0.717, 1.165) is 5.56 Å². The van der Waals surface area contributed by atoms with Crippen molar-refractivity contribution in [2.24, 2.45) is 0 Å². The van der Waals surface area contributed by atoms with E-state index in [4.69, 9.17) is 23.2 Å². The van der Waals surface area contributed by atoms with Crippen LogP contribution in [0.1, 0.15) is 11.6 Å². The topological polar surface area (TPSA) is 58.2 Å². The molecule has 1 saturated heterocycles. The molecule has 1 aliphatic heterocycles. The molecule has 1 fully saturated rings. The van der Waals surface area contributed by atoms with Crippen LogP contribution in [0.15, 0.2) is 18.2 Å². The summed E-state index contributed by atoms with van der Waals surface area (Å²) in [5.41, 5.74) is 0.808. The number of carbonyl (C=O) groups is 2. The zero-order valence-corrected chi connectivity index (χ0v) is 9.60. The molecule has 6 heteroatoms. The molecule has 1 aromatic rings. The Morgan fingerprint density at radius 2 is 1.88 bits per heavy atom. The van der Waals surface area contributed by atoms with Gasteiger partial charge in [-0.3, -0.25) is 9.59 Å². The van der Waals surface area contributed by atoms with Gasteiger partial charge in [0.2, 0.25) is 0 Å². The molecule has 0 saturated carbocycles. The Balaban J connectivity index is 2.22. The minimum atomic E-state index is -0.637. The number of hydrogen-bond donors (Lipinski definition) is 2. The molecule has 2 rings (SSSR count). The fourth-order valence-electron chi connectivity index (χ4n) is 1.48. The number of rotatable bonds is 1. The summed E-state index contributed by atoms with van der Waals surface area (Å²) in [6.45, 7) is 0.350. The van der Waals surface area contributed by atoms with Gasteiger partial charge in [-0.15, -0.1) is 0 Å². The van der Waals surface area contributed by atoms with Crippen molar-refractivity contribution in [3.05, 3.63) is 33.8 Å². The van der Waals surface area contributed by atoms with Gasteiger partial charge in [-0.1, -0.05) is 29.3 Å². The van der Waals surface area contributed by atoms with Crippen molar-refractivity contribution in [2.75, 3.05) is 6.54 Å². The maximum atomic E-state index is 11.1. The average Bonchev–Trinajstić information content (AvgIpc) is 2.26. The molecule has 1 aliphatic rings. The molecule has 16 heavy (non-hydrogen) atoms. The lowest BCUT2D eigenvalue weighted by Gasteiger charge is -2.24. The molecule has 0 aromatic heterocycles. The highest BCUT2D eigenvalue weighted by Gasteiger charge is 2.26. The SMILES string of the molecule is O=C1NCC(c2ccc(Cl)c(Cl)c2)NC1=O. The maximum Gasteiger partial charge on any atom is 0.309 e. The fraction of sp³-hybridized carbons (Fsp3) is 0.200. The molecule has 1 heterocycles. The summed E-state index contributed by atoms with van der Waals surface area (Å²) in [4.78, 5) is 22.1. The van der Waals surface area contributed by atoms with E-state index >= 15 is 0 Å². The van der Waals surface area contributed by atoms with Crippen LogP contribution < -0.4 is 10.6 Å². The van der Waals surface area contributed by atoms with Gasteiger partial charge in [0.25, 0.3) is 0 Å². The summed E-state index contributed by atoms with van der Waals surface area (Å²) >= 11 is 11.6. The summed E-state index contributed by atoms with van der Waals surface area (Å²) in [5.74, 6) is -1.25. The number of benzene rings is 1. The van der Waals surface area contributed by atoms with Gasteiger partial charge < -0.3 is 10.6 Å². The second-order valence-corrected chi connectivity index (χ2v) is 4.22. The van der Waals surface area contributed by atoms with Crippen molar-refractivity contribution in [1.29, 1.82) is 0 Å². The summed E-state index contributed by atoms with van der Waals surface area (Å²) in [6.07, 6.45) is 0. The van der Waals surface area contributed by atoms with Gasteiger partial charge in [0.1, 0.15) is 0 Å². The van der Waals surface area contributed by atoms with E-state index in [9.17, 15) is 9.59 Å². The number of piperazine rings is 1. The Morgan fingerprint density at radius 3 is 2.50 bits per heavy atom. The standard InChI is InChI=1S/C10H8Cl2N2O2/c11-6-2-1-5(3-7(6)12)8-4-13-9(15)10(16)14-8/h1-3,8H,4H2,(H,13,15)(H,14,16). The first-order chi connectivity index (χ1) is 7.58.